The highest BCUT2D eigenvalue weighted by atomic mass is 32.2. The number of hydrogen-bond donors (Lipinski definition) is 1. The van der Waals surface area contributed by atoms with Crippen molar-refractivity contribution < 1.29 is 9.53 Å². The van der Waals surface area contributed by atoms with E-state index in [0.717, 1.165) is 5.75 Å². The zero-order chi connectivity index (χ0) is 21.8. The number of benzene rings is 2. The number of carbonyl (C=O) groups is 1. The molecule has 31 heavy (non-hydrogen) atoms. The van der Waals surface area contributed by atoms with Gasteiger partial charge in [-0.05, 0) is 31.2 Å². The van der Waals surface area contributed by atoms with Crippen LogP contribution in [0.3, 0.4) is 0 Å². The first-order valence-electron chi connectivity index (χ1n) is 9.63. The molecule has 0 spiro atoms. The molecule has 0 aliphatic rings. The fraction of sp³-hybridized carbons (Fsp3) is 0.182. The van der Waals surface area contributed by atoms with Gasteiger partial charge in [0.15, 0.2) is 11.6 Å². The highest BCUT2D eigenvalue weighted by Crippen LogP contribution is 2.17. The fourth-order valence-corrected chi connectivity index (χ4v) is 3.86. The standard InChI is InChI=1S/C22H21N5O3S/c1-15-20(21(29)27(26(15)2)16-9-5-3-6-10-16)18(28)14-31-22-23-19(24-25-22)13-30-17-11-7-4-8-12-17/h3-12H,13-14H2,1-2H3,(H,23,24,25). The third-order valence-electron chi connectivity index (χ3n) is 4.80. The van der Waals surface area contributed by atoms with E-state index < -0.39 is 0 Å². The zero-order valence-electron chi connectivity index (χ0n) is 17.1. The summed E-state index contributed by atoms with van der Waals surface area (Å²) < 4.78 is 8.83. The zero-order valence-corrected chi connectivity index (χ0v) is 17.9. The molecule has 158 valence electrons. The molecule has 2 aromatic heterocycles. The lowest BCUT2D eigenvalue weighted by Crippen LogP contribution is -2.23. The molecule has 0 fully saturated rings. The van der Waals surface area contributed by atoms with Gasteiger partial charge in [-0.1, -0.05) is 48.2 Å². The average molecular weight is 436 g/mol. The van der Waals surface area contributed by atoms with Gasteiger partial charge < -0.3 is 4.74 Å². The molecule has 0 saturated carbocycles. The number of rotatable bonds is 8. The van der Waals surface area contributed by atoms with Crippen LogP contribution < -0.4 is 10.3 Å². The number of ether oxygens (including phenoxy) is 1. The van der Waals surface area contributed by atoms with Gasteiger partial charge in [-0.2, -0.15) is 0 Å². The number of nitrogens with one attached hydrogen (secondary N) is 1. The molecule has 0 saturated heterocycles. The molecule has 4 aromatic rings. The molecule has 0 amide bonds. The van der Waals surface area contributed by atoms with E-state index in [1.807, 2.05) is 60.7 Å². The molecule has 4 rings (SSSR count). The summed E-state index contributed by atoms with van der Waals surface area (Å²) in [4.78, 5) is 30.1. The van der Waals surface area contributed by atoms with Crippen LogP contribution in [0.2, 0.25) is 0 Å². The molecule has 8 nitrogen and oxygen atoms in total. The number of aromatic nitrogens is 5. The first kappa shape index (κ1) is 20.7. The molecule has 2 heterocycles. The Morgan fingerprint density at radius 2 is 1.77 bits per heavy atom. The number of hydrogen-bond acceptors (Lipinski definition) is 6. The van der Waals surface area contributed by atoms with Crippen molar-refractivity contribution in [1.82, 2.24) is 24.5 Å². The minimum absolute atomic E-state index is 0.0612. The van der Waals surface area contributed by atoms with E-state index in [0.29, 0.717) is 22.4 Å². The van der Waals surface area contributed by atoms with Crippen LogP contribution in [-0.2, 0) is 13.7 Å². The van der Waals surface area contributed by atoms with Gasteiger partial charge in [0.1, 0.15) is 17.9 Å². The Labute approximate surface area is 182 Å². The molecule has 0 aliphatic heterocycles. The number of H-pyrrole nitrogens is 1. The van der Waals surface area contributed by atoms with Crippen molar-refractivity contribution in [3.8, 4) is 11.4 Å². The van der Waals surface area contributed by atoms with Gasteiger partial charge in [0, 0.05) is 12.7 Å². The Hall–Kier alpha value is -3.59. The van der Waals surface area contributed by atoms with E-state index in [-0.39, 0.29) is 29.3 Å². The van der Waals surface area contributed by atoms with Crippen LogP contribution in [-0.4, -0.2) is 36.1 Å². The Balaban J connectivity index is 1.43. The van der Waals surface area contributed by atoms with E-state index in [1.165, 1.54) is 16.4 Å². The van der Waals surface area contributed by atoms with Crippen LogP contribution in [0.25, 0.3) is 5.69 Å². The topological polar surface area (TPSA) is 94.8 Å². The Morgan fingerprint density at radius 3 is 2.48 bits per heavy atom. The van der Waals surface area contributed by atoms with E-state index in [1.54, 1.807) is 18.7 Å². The third-order valence-corrected chi connectivity index (χ3v) is 5.64. The van der Waals surface area contributed by atoms with Crippen molar-refractivity contribution in [3.05, 3.63) is 88.1 Å². The van der Waals surface area contributed by atoms with E-state index in [9.17, 15) is 9.59 Å². The SMILES string of the molecule is Cc1c(C(=O)CSc2n[nH]c(COc3ccccc3)n2)c(=O)n(-c2ccccc2)n1C. The monoisotopic (exact) mass is 435 g/mol. The van der Waals surface area contributed by atoms with Crippen molar-refractivity contribution in [2.24, 2.45) is 7.05 Å². The number of nitrogens with zero attached hydrogens (tertiary/aromatic N) is 4. The molecule has 0 atom stereocenters. The molecular formula is C22H21N5O3S. The van der Waals surface area contributed by atoms with Crippen LogP contribution in [0, 0.1) is 6.92 Å². The van der Waals surface area contributed by atoms with Crippen LogP contribution in [0.5, 0.6) is 5.75 Å². The quantitative estimate of drug-likeness (QED) is 0.337. The Bertz CT molecular complexity index is 1250. The van der Waals surface area contributed by atoms with Crippen LogP contribution in [0.15, 0.2) is 70.6 Å². The van der Waals surface area contributed by atoms with Crippen LogP contribution >= 0.6 is 11.8 Å². The number of carbonyl (C=O) groups excluding carboxylic acids is 1. The van der Waals surface area contributed by atoms with Gasteiger partial charge >= 0.3 is 0 Å². The summed E-state index contributed by atoms with van der Waals surface area (Å²) in [6, 6.07) is 18.6. The first-order chi connectivity index (χ1) is 15.0. The second-order valence-electron chi connectivity index (χ2n) is 6.81. The molecular weight excluding hydrogens is 414 g/mol. The van der Waals surface area contributed by atoms with Gasteiger partial charge in [0.2, 0.25) is 5.16 Å². The number of Topliss-reactive ketones (excluding diaryl/α,β-unsaturated/α-hetero) is 1. The predicted molar refractivity (Wildman–Crippen MR) is 118 cm³/mol. The Kier molecular flexibility index (Phi) is 6.03. The van der Waals surface area contributed by atoms with Crippen molar-refractivity contribution in [3.63, 3.8) is 0 Å². The van der Waals surface area contributed by atoms with Crippen molar-refractivity contribution >= 4 is 17.5 Å². The molecule has 0 bridgehead atoms. The lowest BCUT2D eigenvalue weighted by molar-refractivity contribution is 0.102. The number of ketones is 1. The molecule has 9 heteroatoms. The summed E-state index contributed by atoms with van der Waals surface area (Å²) in [5.74, 6) is 1.09. The lowest BCUT2D eigenvalue weighted by Gasteiger charge is -2.07. The minimum atomic E-state index is -0.330. The summed E-state index contributed by atoms with van der Waals surface area (Å²) in [6.07, 6.45) is 0. The minimum Gasteiger partial charge on any atom is -0.486 e. The molecule has 1 N–H and O–H groups in total. The molecule has 0 aliphatic carbocycles. The van der Waals surface area contributed by atoms with Crippen LogP contribution in [0.1, 0.15) is 21.9 Å². The normalized spacial score (nSPS) is 10.9. The van der Waals surface area contributed by atoms with Gasteiger partial charge in [-0.3, -0.25) is 19.4 Å². The van der Waals surface area contributed by atoms with Crippen molar-refractivity contribution in [2.45, 2.75) is 18.7 Å². The summed E-state index contributed by atoms with van der Waals surface area (Å²) in [6.45, 7) is 2.01. The predicted octanol–water partition coefficient (Wildman–Crippen LogP) is 3.16. The maximum absolute atomic E-state index is 12.9. The third kappa shape index (κ3) is 4.46. The van der Waals surface area contributed by atoms with Gasteiger partial charge in [0.25, 0.3) is 5.56 Å². The number of aromatic amines is 1. The highest BCUT2D eigenvalue weighted by Gasteiger charge is 2.22. The second kappa shape index (κ2) is 9.05. The maximum Gasteiger partial charge on any atom is 0.282 e. The highest BCUT2D eigenvalue weighted by molar-refractivity contribution is 7.99. The average Bonchev–Trinajstić information content (AvgIpc) is 3.34. The largest absolute Gasteiger partial charge is 0.486 e. The molecule has 0 unspecified atom stereocenters. The Morgan fingerprint density at radius 1 is 1.10 bits per heavy atom. The van der Waals surface area contributed by atoms with E-state index in [2.05, 4.69) is 15.2 Å². The number of thioether (sulfide) groups is 1. The van der Waals surface area contributed by atoms with Gasteiger partial charge in [-0.15, -0.1) is 5.10 Å². The molecule has 2 aromatic carbocycles. The van der Waals surface area contributed by atoms with E-state index >= 15 is 0 Å². The lowest BCUT2D eigenvalue weighted by atomic mass is 10.2. The van der Waals surface area contributed by atoms with Gasteiger partial charge in [-0.25, -0.2) is 9.67 Å². The summed E-state index contributed by atoms with van der Waals surface area (Å²) in [5.41, 5.74) is 1.18. The van der Waals surface area contributed by atoms with E-state index in [4.69, 9.17) is 4.74 Å². The summed E-state index contributed by atoms with van der Waals surface area (Å²) in [5, 5.41) is 7.35. The van der Waals surface area contributed by atoms with Crippen molar-refractivity contribution in [1.29, 1.82) is 0 Å². The second-order valence-corrected chi connectivity index (χ2v) is 7.76. The smallest absolute Gasteiger partial charge is 0.282 e. The summed E-state index contributed by atoms with van der Waals surface area (Å²) >= 11 is 1.18. The molecule has 0 radical (unpaired) electrons. The van der Waals surface area contributed by atoms with Crippen LogP contribution in [0.4, 0.5) is 0 Å². The fourth-order valence-electron chi connectivity index (χ4n) is 3.17. The van der Waals surface area contributed by atoms with Gasteiger partial charge in [0.05, 0.1) is 11.4 Å². The number of para-hydroxylation sites is 2. The summed E-state index contributed by atoms with van der Waals surface area (Å²) in [7, 11) is 1.77. The maximum atomic E-state index is 12.9. The van der Waals surface area contributed by atoms with Crippen molar-refractivity contribution in [2.75, 3.05) is 5.75 Å². The first-order valence-corrected chi connectivity index (χ1v) is 10.6.